The van der Waals surface area contributed by atoms with Gasteiger partial charge in [-0.15, -0.1) is 12.4 Å². The normalized spacial score (nSPS) is 11.2. The smallest absolute Gasteiger partial charge is 0.360 e. The maximum atomic E-state index is 9.80. The third-order valence-electron chi connectivity index (χ3n) is 3.25. The van der Waals surface area contributed by atoms with Crippen LogP contribution in [0.15, 0.2) is 65.1 Å². The van der Waals surface area contributed by atoms with E-state index in [-0.39, 0.29) is 18.2 Å². The zero-order chi connectivity index (χ0) is 13.9. The number of hydrogen-bond donors (Lipinski definition) is 1. The Kier molecular flexibility index (Phi) is 4.61. The summed E-state index contributed by atoms with van der Waals surface area (Å²) in [5.41, 5.74) is 2.61. The third kappa shape index (κ3) is 3.23. The molecule has 0 unspecified atom stereocenters. The molecule has 0 spiro atoms. The van der Waals surface area contributed by atoms with Gasteiger partial charge in [-0.2, -0.15) is 0 Å². The van der Waals surface area contributed by atoms with Crippen LogP contribution in [-0.4, -0.2) is 5.11 Å². The Morgan fingerprint density at radius 3 is 2.48 bits per heavy atom. The molecule has 0 amide bonds. The number of benzene rings is 2. The summed E-state index contributed by atoms with van der Waals surface area (Å²) in [6, 6.07) is 19.2. The van der Waals surface area contributed by atoms with Gasteiger partial charge in [0.15, 0.2) is 0 Å². The van der Waals surface area contributed by atoms with Crippen molar-refractivity contribution in [2.45, 2.75) is 6.92 Å². The Morgan fingerprint density at radius 2 is 1.67 bits per heavy atom. The molecular formula is C18H16ClO2+. The average molecular weight is 300 g/mol. The number of allylic oxidation sites excluding steroid dienone is 1. The largest absolute Gasteiger partial charge is 0.507 e. The van der Waals surface area contributed by atoms with Gasteiger partial charge in [0.2, 0.25) is 0 Å². The first-order valence-corrected chi connectivity index (χ1v) is 6.52. The summed E-state index contributed by atoms with van der Waals surface area (Å²) in [6.45, 7) is 1.97. The van der Waals surface area contributed by atoms with Gasteiger partial charge in [0.25, 0.3) is 0 Å². The summed E-state index contributed by atoms with van der Waals surface area (Å²) in [6.07, 6.45) is 1.92. The van der Waals surface area contributed by atoms with E-state index in [9.17, 15) is 5.11 Å². The maximum absolute atomic E-state index is 9.80. The fraction of sp³-hybridized carbons (Fsp3) is 0.0556. The van der Waals surface area contributed by atoms with E-state index in [1.807, 2.05) is 67.6 Å². The number of halogens is 1. The van der Waals surface area contributed by atoms with Crippen molar-refractivity contribution >= 4 is 35.0 Å². The number of phenolic OH excluding ortho intramolecular Hbond substituents is 1. The zero-order valence-corrected chi connectivity index (χ0v) is 12.4. The molecule has 0 bridgehead atoms. The molecule has 106 valence electrons. The Labute approximate surface area is 129 Å². The van der Waals surface area contributed by atoms with Gasteiger partial charge in [0.05, 0.1) is 11.0 Å². The lowest BCUT2D eigenvalue weighted by molar-refractivity contribution is 0.474. The fourth-order valence-corrected chi connectivity index (χ4v) is 2.16. The molecule has 0 aliphatic heterocycles. The monoisotopic (exact) mass is 299 g/mol. The molecule has 0 saturated carbocycles. The highest BCUT2D eigenvalue weighted by molar-refractivity contribution is 5.85. The van der Waals surface area contributed by atoms with Crippen LogP contribution in [-0.2, 0) is 0 Å². The molecule has 0 atom stereocenters. The summed E-state index contributed by atoms with van der Waals surface area (Å²) in [7, 11) is 0. The predicted molar refractivity (Wildman–Crippen MR) is 89.5 cm³/mol. The second-order valence-corrected chi connectivity index (χ2v) is 4.72. The van der Waals surface area contributed by atoms with Crippen LogP contribution < -0.4 is 0 Å². The second-order valence-electron chi connectivity index (χ2n) is 4.72. The molecule has 3 rings (SSSR count). The van der Waals surface area contributed by atoms with E-state index in [4.69, 9.17) is 4.42 Å². The first-order chi connectivity index (χ1) is 9.74. The molecule has 0 saturated heterocycles. The minimum absolute atomic E-state index is 0. The molecule has 2 aromatic carbocycles. The number of fused-ring (bicyclic) bond motifs is 1. The van der Waals surface area contributed by atoms with Crippen LogP contribution in [0.25, 0.3) is 22.6 Å². The lowest BCUT2D eigenvalue weighted by atomic mass is 10.1. The summed E-state index contributed by atoms with van der Waals surface area (Å²) in [5, 5.41) is 10.9. The summed E-state index contributed by atoms with van der Waals surface area (Å²) < 4.78 is 5.89. The van der Waals surface area contributed by atoms with Gasteiger partial charge in [-0.3, -0.25) is 0 Å². The van der Waals surface area contributed by atoms with Gasteiger partial charge < -0.3 is 5.11 Å². The highest BCUT2D eigenvalue weighted by Gasteiger charge is 2.13. The van der Waals surface area contributed by atoms with E-state index >= 15 is 0 Å². The van der Waals surface area contributed by atoms with Crippen LogP contribution in [0, 0.1) is 0 Å². The molecule has 0 aliphatic rings. The molecule has 21 heavy (non-hydrogen) atoms. The fourth-order valence-electron chi connectivity index (χ4n) is 2.16. The number of aromatic hydroxyl groups is 1. The number of phenols is 1. The van der Waals surface area contributed by atoms with Gasteiger partial charge in [0.1, 0.15) is 5.75 Å². The van der Waals surface area contributed by atoms with Crippen molar-refractivity contribution in [2.24, 2.45) is 0 Å². The van der Waals surface area contributed by atoms with Crippen molar-refractivity contribution in [3.8, 4) is 5.75 Å². The summed E-state index contributed by atoms with van der Waals surface area (Å²) in [4.78, 5) is 0. The van der Waals surface area contributed by atoms with Crippen LogP contribution in [0.3, 0.4) is 0 Å². The van der Waals surface area contributed by atoms with Gasteiger partial charge >= 0.3 is 11.3 Å². The molecule has 0 fully saturated rings. The minimum atomic E-state index is 0. The van der Waals surface area contributed by atoms with Gasteiger partial charge in [-0.1, -0.05) is 30.3 Å². The lowest BCUT2D eigenvalue weighted by Crippen LogP contribution is -1.82. The van der Waals surface area contributed by atoms with Crippen molar-refractivity contribution < 1.29 is 9.52 Å². The Balaban J connectivity index is 0.00000161. The van der Waals surface area contributed by atoms with E-state index < -0.39 is 0 Å². The van der Waals surface area contributed by atoms with Crippen molar-refractivity contribution in [3.05, 3.63) is 72.0 Å². The molecule has 0 radical (unpaired) electrons. The quantitative estimate of drug-likeness (QED) is 0.642. The minimum Gasteiger partial charge on any atom is -0.507 e. The standard InChI is InChI=1S/C18H14O2.ClH/c1-13(12-15-7-2-4-8-16(15)19)17-11-10-14-6-3-5-9-18(14)20-17;/h2-12H,1H3;1H/p+1/b13-12-;. The van der Waals surface area contributed by atoms with Gasteiger partial charge in [-0.05, 0) is 31.2 Å². The number of para-hydroxylation sites is 2. The van der Waals surface area contributed by atoms with Gasteiger partial charge in [-0.25, -0.2) is 4.42 Å². The highest BCUT2D eigenvalue weighted by atomic mass is 35.5. The topological polar surface area (TPSA) is 31.5 Å². The molecule has 1 N–H and O–H groups in total. The predicted octanol–water partition coefficient (Wildman–Crippen LogP) is 5.40. The molecular weight excluding hydrogens is 284 g/mol. The summed E-state index contributed by atoms with van der Waals surface area (Å²) >= 11 is 0. The maximum Gasteiger partial charge on any atom is 0.360 e. The van der Waals surface area contributed by atoms with E-state index in [0.717, 1.165) is 27.9 Å². The average Bonchev–Trinajstić information content (AvgIpc) is 2.49. The van der Waals surface area contributed by atoms with E-state index in [2.05, 4.69) is 0 Å². The first kappa shape index (κ1) is 15.1. The van der Waals surface area contributed by atoms with Crippen LogP contribution in [0.5, 0.6) is 5.75 Å². The van der Waals surface area contributed by atoms with Crippen LogP contribution in [0.2, 0.25) is 0 Å². The van der Waals surface area contributed by atoms with Crippen LogP contribution >= 0.6 is 12.4 Å². The molecule has 0 aliphatic carbocycles. The number of rotatable bonds is 2. The molecule has 1 heterocycles. The van der Waals surface area contributed by atoms with Crippen molar-refractivity contribution in [1.82, 2.24) is 0 Å². The van der Waals surface area contributed by atoms with Crippen molar-refractivity contribution in [2.75, 3.05) is 0 Å². The van der Waals surface area contributed by atoms with E-state index in [1.165, 1.54) is 0 Å². The zero-order valence-electron chi connectivity index (χ0n) is 11.6. The molecule has 3 aromatic rings. The molecule has 2 nitrogen and oxygen atoms in total. The summed E-state index contributed by atoms with van der Waals surface area (Å²) in [5.74, 6) is 1.07. The Hall–Kier alpha value is -2.32. The molecule has 1 aromatic heterocycles. The van der Waals surface area contributed by atoms with Crippen molar-refractivity contribution in [1.29, 1.82) is 0 Å². The van der Waals surface area contributed by atoms with E-state index in [1.54, 1.807) is 6.07 Å². The first-order valence-electron chi connectivity index (χ1n) is 6.52. The van der Waals surface area contributed by atoms with E-state index in [0.29, 0.717) is 0 Å². The van der Waals surface area contributed by atoms with Crippen LogP contribution in [0.1, 0.15) is 18.2 Å². The lowest BCUT2D eigenvalue weighted by Gasteiger charge is -1.98. The third-order valence-corrected chi connectivity index (χ3v) is 3.25. The second kappa shape index (κ2) is 6.42. The Bertz CT molecular complexity index is 794. The molecule has 3 heteroatoms. The van der Waals surface area contributed by atoms with Gasteiger partial charge in [0, 0.05) is 17.7 Å². The SMILES string of the molecule is C/C(=C/c1ccccc1O)c1ccc2ccccc2[o+]1.Cl. The van der Waals surface area contributed by atoms with Crippen molar-refractivity contribution in [3.63, 3.8) is 0 Å². The Morgan fingerprint density at radius 1 is 0.952 bits per heavy atom. The highest BCUT2D eigenvalue weighted by Crippen LogP contribution is 2.25. The van der Waals surface area contributed by atoms with Crippen LogP contribution in [0.4, 0.5) is 0 Å². The number of hydrogen-bond acceptors (Lipinski definition) is 1.